The van der Waals surface area contributed by atoms with Gasteiger partial charge in [-0.25, -0.2) is 4.68 Å². The van der Waals surface area contributed by atoms with E-state index in [-0.39, 0.29) is 6.61 Å². The molecule has 7 heteroatoms. The van der Waals surface area contributed by atoms with Crippen molar-refractivity contribution < 1.29 is 5.11 Å². The lowest BCUT2D eigenvalue weighted by Gasteiger charge is -2.01. The third kappa shape index (κ3) is 3.85. The normalized spacial score (nSPS) is 10.7. The van der Waals surface area contributed by atoms with Gasteiger partial charge in [0.1, 0.15) is 0 Å². The molecule has 0 atom stereocenters. The fraction of sp³-hybridized carbons (Fsp3) is 0.857. The van der Waals surface area contributed by atoms with E-state index in [0.29, 0.717) is 6.54 Å². The maximum absolute atomic E-state index is 8.74. The minimum atomic E-state index is 0.0717. The number of rotatable bonds is 7. The second-order valence-corrected chi connectivity index (χ2v) is 4.91. The lowest BCUT2D eigenvalue weighted by molar-refractivity contribution is 0.262. The summed E-state index contributed by atoms with van der Waals surface area (Å²) in [7, 11) is 0. The van der Waals surface area contributed by atoms with Crippen molar-refractivity contribution >= 4 is 23.5 Å². The Hall–Kier alpha value is -0.270. The predicted octanol–water partition coefficient (Wildman–Crippen LogP) is 0.511. The Morgan fingerprint density at radius 3 is 3.00 bits per heavy atom. The van der Waals surface area contributed by atoms with E-state index in [2.05, 4.69) is 22.4 Å². The third-order valence-electron chi connectivity index (χ3n) is 1.47. The van der Waals surface area contributed by atoms with Crippen molar-refractivity contribution in [2.75, 3.05) is 23.9 Å². The zero-order chi connectivity index (χ0) is 10.2. The van der Waals surface area contributed by atoms with Crippen LogP contribution in [0.3, 0.4) is 0 Å². The summed E-state index contributed by atoms with van der Waals surface area (Å²) < 4.78 is 1.63. The topological polar surface area (TPSA) is 63.8 Å². The van der Waals surface area contributed by atoms with Crippen LogP contribution in [0.2, 0.25) is 0 Å². The van der Waals surface area contributed by atoms with Gasteiger partial charge in [-0.3, -0.25) is 0 Å². The molecule has 0 aliphatic carbocycles. The van der Waals surface area contributed by atoms with Crippen molar-refractivity contribution in [3.05, 3.63) is 0 Å². The summed E-state index contributed by atoms with van der Waals surface area (Å²) in [4.78, 5) is 0. The SMILES string of the molecule is CCSCCSc1nnnn1CCO. The van der Waals surface area contributed by atoms with Gasteiger partial charge in [0.15, 0.2) is 0 Å². The van der Waals surface area contributed by atoms with Crippen LogP contribution >= 0.6 is 23.5 Å². The fourth-order valence-electron chi connectivity index (χ4n) is 0.871. The molecule has 0 radical (unpaired) electrons. The summed E-state index contributed by atoms with van der Waals surface area (Å²) in [6, 6.07) is 0. The van der Waals surface area contributed by atoms with Gasteiger partial charge < -0.3 is 5.11 Å². The van der Waals surface area contributed by atoms with E-state index in [9.17, 15) is 0 Å². The molecule has 1 N–H and O–H groups in total. The van der Waals surface area contributed by atoms with Crippen LogP contribution < -0.4 is 0 Å². The summed E-state index contributed by atoms with van der Waals surface area (Å²) in [5.74, 6) is 3.25. The van der Waals surface area contributed by atoms with Crippen molar-refractivity contribution in [2.24, 2.45) is 0 Å². The maximum Gasteiger partial charge on any atom is 0.209 e. The fourth-order valence-corrected chi connectivity index (χ4v) is 2.52. The van der Waals surface area contributed by atoms with Crippen LogP contribution in [-0.4, -0.2) is 49.2 Å². The number of aliphatic hydroxyl groups excluding tert-OH is 1. The summed E-state index contributed by atoms with van der Waals surface area (Å²) in [5, 5.41) is 20.7. The highest BCUT2D eigenvalue weighted by Crippen LogP contribution is 2.15. The minimum Gasteiger partial charge on any atom is -0.394 e. The molecule has 0 spiro atoms. The first-order chi connectivity index (χ1) is 6.88. The molecule has 0 saturated heterocycles. The van der Waals surface area contributed by atoms with Gasteiger partial charge in [-0.1, -0.05) is 18.7 Å². The summed E-state index contributed by atoms with van der Waals surface area (Å²) in [6.07, 6.45) is 0. The first-order valence-corrected chi connectivity index (χ1v) is 6.60. The van der Waals surface area contributed by atoms with Gasteiger partial charge in [-0.2, -0.15) is 11.8 Å². The number of hydrogen-bond donors (Lipinski definition) is 1. The minimum absolute atomic E-state index is 0.0717. The van der Waals surface area contributed by atoms with Crippen LogP contribution in [0, 0.1) is 0 Å². The van der Waals surface area contributed by atoms with Gasteiger partial charge >= 0.3 is 0 Å². The largest absolute Gasteiger partial charge is 0.394 e. The molecular formula is C7H14N4OS2. The van der Waals surface area contributed by atoms with Crippen molar-refractivity contribution in [3.63, 3.8) is 0 Å². The van der Waals surface area contributed by atoms with E-state index in [1.807, 2.05) is 11.8 Å². The summed E-state index contributed by atoms with van der Waals surface area (Å²) in [5.41, 5.74) is 0. The molecule has 1 aromatic heterocycles. The van der Waals surface area contributed by atoms with Crippen molar-refractivity contribution in [3.8, 4) is 0 Å². The van der Waals surface area contributed by atoms with Crippen molar-refractivity contribution in [1.29, 1.82) is 0 Å². The van der Waals surface area contributed by atoms with Crippen LogP contribution in [0.15, 0.2) is 5.16 Å². The Morgan fingerprint density at radius 2 is 2.29 bits per heavy atom. The van der Waals surface area contributed by atoms with Gasteiger partial charge in [0, 0.05) is 11.5 Å². The number of hydrogen-bond acceptors (Lipinski definition) is 6. The van der Waals surface area contributed by atoms with Gasteiger partial charge in [0.25, 0.3) is 0 Å². The molecule has 0 unspecified atom stereocenters. The van der Waals surface area contributed by atoms with Crippen molar-refractivity contribution in [1.82, 2.24) is 20.2 Å². The summed E-state index contributed by atoms with van der Waals surface area (Å²) >= 11 is 3.53. The Balaban J connectivity index is 2.30. The molecule has 0 saturated carbocycles. The van der Waals surface area contributed by atoms with Gasteiger partial charge in [0.05, 0.1) is 13.2 Å². The molecule has 0 aliphatic rings. The highest BCUT2D eigenvalue weighted by atomic mass is 32.2. The van der Waals surface area contributed by atoms with Gasteiger partial charge in [0.2, 0.25) is 5.16 Å². The maximum atomic E-state index is 8.74. The van der Waals surface area contributed by atoms with Crippen LogP contribution in [0.1, 0.15) is 6.92 Å². The second-order valence-electron chi connectivity index (χ2n) is 2.45. The molecule has 0 bridgehead atoms. The Bertz CT molecular complexity index is 256. The first kappa shape index (κ1) is 11.8. The molecule has 1 heterocycles. The quantitative estimate of drug-likeness (QED) is 0.548. The highest BCUT2D eigenvalue weighted by molar-refractivity contribution is 8.02. The molecular weight excluding hydrogens is 220 g/mol. The zero-order valence-corrected chi connectivity index (χ0v) is 9.72. The molecule has 0 aromatic carbocycles. The Kier molecular flexibility index (Phi) is 5.97. The molecule has 0 fully saturated rings. The molecule has 0 amide bonds. The van der Waals surface area contributed by atoms with Crippen LogP contribution in [0.25, 0.3) is 0 Å². The molecule has 14 heavy (non-hydrogen) atoms. The van der Waals surface area contributed by atoms with E-state index in [4.69, 9.17) is 5.11 Å². The van der Waals surface area contributed by atoms with E-state index in [1.165, 1.54) is 0 Å². The average molecular weight is 234 g/mol. The van der Waals surface area contributed by atoms with E-state index >= 15 is 0 Å². The predicted molar refractivity (Wildman–Crippen MR) is 58.6 cm³/mol. The van der Waals surface area contributed by atoms with Crippen LogP contribution in [0.5, 0.6) is 0 Å². The number of aliphatic hydroxyl groups is 1. The molecule has 80 valence electrons. The zero-order valence-electron chi connectivity index (χ0n) is 8.09. The third-order valence-corrected chi connectivity index (χ3v) is 3.59. The molecule has 1 aromatic rings. The number of aromatic nitrogens is 4. The smallest absolute Gasteiger partial charge is 0.209 e. The standard InChI is InChI=1S/C7H14N4OS2/c1-2-13-5-6-14-7-8-9-10-11(7)3-4-12/h12H,2-6H2,1H3. The first-order valence-electron chi connectivity index (χ1n) is 4.46. The lowest BCUT2D eigenvalue weighted by Crippen LogP contribution is -2.06. The van der Waals surface area contributed by atoms with E-state index in [0.717, 1.165) is 22.4 Å². The number of nitrogens with zero attached hydrogens (tertiary/aromatic N) is 4. The molecule has 5 nitrogen and oxygen atoms in total. The van der Waals surface area contributed by atoms with Gasteiger partial charge in [-0.15, -0.1) is 5.10 Å². The Labute approximate surface area is 91.6 Å². The van der Waals surface area contributed by atoms with Crippen molar-refractivity contribution in [2.45, 2.75) is 18.6 Å². The molecule has 1 rings (SSSR count). The van der Waals surface area contributed by atoms with Crippen LogP contribution in [-0.2, 0) is 6.54 Å². The van der Waals surface area contributed by atoms with Gasteiger partial charge in [-0.05, 0) is 16.2 Å². The molecule has 0 aliphatic heterocycles. The lowest BCUT2D eigenvalue weighted by atomic mass is 10.7. The Morgan fingerprint density at radius 1 is 1.43 bits per heavy atom. The number of thioether (sulfide) groups is 2. The highest BCUT2D eigenvalue weighted by Gasteiger charge is 2.04. The monoisotopic (exact) mass is 234 g/mol. The van der Waals surface area contributed by atoms with E-state index < -0.39 is 0 Å². The number of tetrazole rings is 1. The van der Waals surface area contributed by atoms with E-state index in [1.54, 1.807) is 16.4 Å². The van der Waals surface area contributed by atoms with Crippen LogP contribution in [0.4, 0.5) is 0 Å². The average Bonchev–Trinajstić information content (AvgIpc) is 2.61. The second kappa shape index (κ2) is 7.08. The summed E-state index contributed by atoms with van der Waals surface area (Å²) in [6.45, 7) is 2.68.